The normalized spacial score (nSPS) is 24.9. The van der Waals surface area contributed by atoms with Crippen LogP contribution in [0.3, 0.4) is 0 Å². The summed E-state index contributed by atoms with van der Waals surface area (Å²) in [6.45, 7) is 2.12. The molecule has 1 aliphatic rings. The first kappa shape index (κ1) is 9.65. The lowest BCUT2D eigenvalue weighted by molar-refractivity contribution is -0.138. The molecule has 2 rings (SSSR count). The number of thiazole rings is 1. The van der Waals surface area contributed by atoms with Crippen LogP contribution in [0.2, 0.25) is 0 Å². The van der Waals surface area contributed by atoms with Crippen LogP contribution in [0, 0.1) is 5.92 Å². The minimum atomic E-state index is -0.678. The van der Waals surface area contributed by atoms with Crippen molar-refractivity contribution in [3.8, 4) is 0 Å². The van der Waals surface area contributed by atoms with Crippen molar-refractivity contribution < 1.29 is 9.90 Å². The molecular weight excluding hydrogens is 198 g/mol. The van der Waals surface area contributed by atoms with Gasteiger partial charge in [-0.2, -0.15) is 0 Å². The van der Waals surface area contributed by atoms with Gasteiger partial charge in [0.25, 0.3) is 0 Å². The van der Waals surface area contributed by atoms with Crippen molar-refractivity contribution in [2.24, 2.45) is 5.92 Å². The first-order chi connectivity index (χ1) is 6.72. The summed E-state index contributed by atoms with van der Waals surface area (Å²) in [4.78, 5) is 15.1. The van der Waals surface area contributed by atoms with Crippen LogP contribution in [-0.4, -0.2) is 16.1 Å². The summed E-state index contributed by atoms with van der Waals surface area (Å²) in [5, 5.41) is 11.8. The average molecular weight is 211 g/mol. The Balaban J connectivity index is 2.01. The molecule has 0 aromatic carbocycles. The van der Waals surface area contributed by atoms with Crippen LogP contribution in [0.25, 0.3) is 0 Å². The van der Waals surface area contributed by atoms with Crippen LogP contribution < -0.4 is 0 Å². The number of carbonyl (C=O) groups is 1. The molecule has 1 heterocycles. The van der Waals surface area contributed by atoms with Gasteiger partial charge < -0.3 is 5.11 Å². The number of hydrogen-bond donors (Lipinski definition) is 1. The highest BCUT2D eigenvalue weighted by molar-refractivity contribution is 7.09. The second kappa shape index (κ2) is 3.69. The zero-order chi connectivity index (χ0) is 10.1. The summed E-state index contributed by atoms with van der Waals surface area (Å²) in [6.07, 6.45) is 2.87. The van der Waals surface area contributed by atoms with E-state index in [0.29, 0.717) is 0 Å². The van der Waals surface area contributed by atoms with Crippen LogP contribution in [-0.2, 0) is 11.2 Å². The van der Waals surface area contributed by atoms with Gasteiger partial charge in [-0.3, -0.25) is 4.79 Å². The number of aromatic nitrogens is 1. The van der Waals surface area contributed by atoms with E-state index in [0.717, 1.165) is 30.0 Å². The lowest BCUT2D eigenvalue weighted by Gasteiger charge is -1.90. The lowest BCUT2D eigenvalue weighted by Crippen LogP contribution is -1.98. The number of hydrogen-bond acceptors (Lipinski definition) is 3. The van der Waals surface area contributed by atoms with Gasteiger partial charge in [-0.15, -0.1) is 11.3 Å². The molecule has 2 atom stereocenters. The molecule has 1 saturated carbocycles. The van der Waals surface area contributed by atoms with Crippen molar-refractivity contribution in [1.29, 1.82) is 0 Å². The van der Waals surface area contributed by atoms with Crippen LogP contribution in [0.15, 0.2) is 5.38 Å². The van der Waals surface area contributed by atoms with Crippen molar-refractivity contribution in [2.75, 3.05) is 0 Å². The van der Waals surface area contributed by atoms with Crippen molar-refractivity contribution in [1.82, 2.24) is 4.98 Å². The topological polar surface area (TPSA) is 50.2 Å². The molecule has 1 aromatic rings. The largest absolute Gasteiger partial charge is 0.481 e. The zero-order valence-corrected chi connectivity index (χ0v) is 8.88. The molecule has 0 bridgehead atoms. The highest BCUT2D eigenvalue weighted by Crippen LogP contribution is 2.48. The summed E-state index contributed by atoms with van der Waals surface area (Å²) in [6, 6.07) is 0. The first-order valence-electron chi connectivity index (χ1n) is 4.89. The summed E-state index contributed by atoms with van der Waals surface area (Å²) < 4.78 is 0. The predicted octanol–water partition coefficient (Wildman–Crippen LogP) is 2.28. The molecule has 14 heavy (non-hydrogen) atoms. The third-order valence-corrected chi connectivity index (χ3v) is 3.53. The molecule has 0 amide bonds. The van der Waals surface area contributed by atoms with E-state index in [4.69, 9.17) is 5.11 Å². The fraction of sp³-hybridized carbons (Fsp3) is 0.600. The maximum Gasteiger partial charge on any atom is 0.307 e. The fourth-order valence-electron chi connectivity index (χ4n) is 1.60. The number of rotatable bonds is 4. The minimum Gasteiger partial charge on any atom is -0.481 e. The Morgan fingerprint density at radius 2 is 2.57 bits per heavy atom. The van der Waals surface area contributed by atoms with Gasteiger partial charge in [0.1, 0.15) is 0 Å². The number of carboxylic acids is 1. The summed E-state index contributed by atoms with van der Waals surface area (Å²) in [7, 11) is 0. The number of nitrogens with zero attached hydrogens (tertiary/aromatic N) is 1. The smallest absolute Gasteiger partial charge is 0.307 e. The predicted molar refractivity (Wildman–Crippen MR) is 54.6 cm³/mol. The third-order valence-electron chi connectivity index (χ3n) is 2.50. The van der Waals surface area contributed by atoms with Crippen LogP contribution >= 0.6 is 11.3 Å². The number of aryl methyl sites for hydroxylation is 1. The molecule has 3 nitrogen and oxygen atoms in total. The molecule has 0 saturated heterocycles. The maximum atomic E-state index is 10.7. The molecule has 1 aromatic heterocycles. The molecule has 0 aliphatic heterocycles. The molecule has 76 valence electrons. The molecule has 1 N–H and O–H groups in total. The second-order valence-corrected chi connectivity index (χ2v) is 4.60. The van der Waals surface area contributed by atoms with Gasteiger partial charge in [0, 0.05) is 11.3 Å². The summed E-state index contributed by atoms with van der Waals surface area (Å²) >= 11 is 1.61. The fourth-order valence-corrected chi connectivity index (χ4v) is 2.64. The van der Waals surface area contributed by atoms with E-state index >= 15 is 0 Å². The summed E-state index contributed by atoms with van der Waals surface area (Å²) in [5.41, 5.74) is 1.11. The SMILES string of the molecule is CCCc1csc(C2CC2C(=O)O)n1. The molecule has 2 unspecified atom stereocenters. The van der Waals surface area contributed by atoms with Gasteiger partial charge >= 0.3 is 5.97 Å². The van der Waals surface area contributed by atoms with Gasteiger partial charge in [0.05, 0.1) is 16.6 Å². The number of carboxylic acid groups (broad SMARTS) is 1. The van der Waals surface area contributed by atoms with Crippen molar-refractivity contribution in [2.45, 2.75) is 32.1 Å². The number of aliphatic carboxylic acids is 1. The van der Waals surface area contributed by atoms with Gasteiger partial charge in [-0.1, -0.05) is 13.3 Å². The van der Waals surface area contributed by atoms with E-state index in [1.54, 1.807) is 11.3 Å². The Labute approximate surface area is 86.8 Å². The molecule has 1 fully saturated rings. The van der Waals surface area contributed by atoms with Crippen LogP contribution in [0.4, 0.5) is 0 Å². The van der Waals surface area contributed by atoms with Crippen molar-refractivity contribution in [3.63, 3.8) is 0 Å². The van der Waals surface area contributed by atoms with Gasteiger partial charge in [0.15, 0.2) is 0 Å². The van der Waals surface area contributed by atoms with E-state index in [1.807, 2.05) is 0 Å². The van der Waals surface area contributed by atoms with Gasteiger partial charge in [-0.25, -0.2) is 4.98 Å². The molecule has 0 spiro atoms. The molecule has 1 aliphatic carbocycles. The summed E-state index contributed by atoms with van der Waals surface area (Å²) in [5.74, 6) is -0.652. The monoisotopic (exact) mass is 211 g/mol. The Hall–Kier alpha value is -0.900. The minimum absolute atomic E-state index is 0.171. The zero-order valence-electron chi connectivity index (χ0n) is 8.06. The molecule has 4 heteroatoms. The highest BCUT2D eigenvalue weighted by atomic mass is 32.1. The Kier molecular flexibility index (Phi) is 2.54. The van der Waals surface area contributed by atoms with Crippen molar-refractivity contribution >= 4 is 17.3 Å². The van der Waals surface area contributed by atoms with E-state index in [9.17, 15) is 4.79 Å². The Morgan fingerprint density at radius 3 is 3.14 bits per heavy atom. The lowest BCUT2D eigenvalue weighted by atomic mass is 10.3. The average Bonchev–Trinajstić information content (AvgIpc) is 2.82. The first-order valence-corrected chi connectivity index (χ1v) is 5.77. The van der Waals surface area contributed by atoms with Crippen molar-refractivity contribution in [3.05, 3.63) is 16.1 Å². The molecular formula is C10H13NO2S. The third kappa shape index (κ3) is 1.80. The van der Waals surface area contributed by atoms with Crippen LogP contribution in [0.5, 0.6) is 0 Å². The maximum absolute atomic E-state index is 10.7. The quantitative estimate of drug-likeness (QED) is 0.831. The Bertz CT molecular complexity index is 348. The standard InChI is InChI=1S/C10H13NO2S/c1-2-3-6-5-14-9(11-6)7-4-8(7)10(12)13/h5,7-8H,2-4H2,1H3,(H,12,13). The van der Waals surface area contributed by atoms with E-state index in [1.165, 1.54) is 0 Å². The van der Waals surface area contributed by atoms with Gasteiger partial charge in [0.2, 0.25) is 0 Å². The van der Waals surface area contributed by atoms with Crippen LogP contribution in [0.1, 0.15) is 36.4 Å². The van der Waals surface area contributed by atoms with E-state index in [2.05, 4.69) is 17.3 Å². The Morgan fingerprint density at radius 1 is 1.79 bits per heavy atom. The second-order valence-electron chi connectivity index (χ2n) is 3.71. The highest BCUT2D eigenvalue weighted by Gasteiger charge is 2.46. The van der Waals surface area contributed by atoms with E-state index < -0.39 is 5.97 Å². The van der Waals surface area contributed by atoms with E-state index in [-0.39, 0.29) is 11.8 Å². The molecule has 0 radical (unpaired) electrons. The van der Waals surface area contributed by atoms with Gasteiger partial charge in [-0.05, 0) is 12.8 Å².